The van der Waals surface area contributed by atoms with E-state index in [2.05, 4.69) is 33.4 Å². The van der Waals surface area contributed by atoms with Crippen molar-refractivity contribution in [2.45, 2.75) is 6.92 Å². The van der Waals surface area contributed by atoms with Gasteiger partial charge in [0.25, 0.3) is 0 Å². The molecule has 1 spiro atoms. The van der Waals surface area contributed by atoms with Crippen LogP contribution in [0.4, 0.5) is 17.2 Å². The summed E-state index contributed by atoms with van der Waals surface area (Å²) in [6.45, 7) is 5.64. The number of aromatic nitrogens is 3. The van der Waals surface area contributed by atoms with Crippen molar-refractivity contribution in [3.8, 4) is 11.4 Å². The zero-order chi connectivity index (χ0) is 22.4. The van der Waals surface area contributed by atoms with Gasteiger partial charge in [0.05, 0.1) is 24.1 Å². The van der Waals surface area contributed by atoms with Crippen molar-refractivity contribution in [2.75, 3.05) is 36.5 Å². The highest BCUT2D eigenvalue weighted by molar-refractivity contribution is 7.16. The van der Waals surface area contributed by atoms with Crippen LogP contribution in [0, 0.1) is 5.41 Å². The third-order valence-corrected chi connectivity index (χ3v) is 6.95. The number of fused-ring (bicyclic) bond motifs is 1. The first-order valence-corrected chi connectivity index (χ1v) is 11.8. The molecular weight excluding hydrogens is 434 g/mol. The summed E-state index contributed by atoms with van der Waals surface area (Å²) >= 11 is 1.48. The topological polar surface area (TPSA) is 83.4 Å². The molecule has 2 saturated heterocycles. The first-order valence-electron chi connectivity index (χ1n) is 10.9. The van der Waals surface area contributed by atoms with Crippen LogP contribution < -0.4 is 10.2 Å². The minimum absolute atomic E-state index is 0.229. The van der Waals surface area contributed by atoms with Crippen LogP contribution in [0.15, 0.2) is 60.1 Å². The minimum Gasteiger partial charge on any atom is -0.508 e. The van der Waals surface area contributed by atoms with E-state index in [1.54, 1.807) is 18.5 Å². The van der Waals surface area contributed by atoms with E-state index in [-0.39, 0.29) is 5.76 Å². The van der Waals surface area contributed by atoms with Crippen LogP contribution in [0.3, 0.4) is 0 Å². The summed E-state index contributed by atoms with van der Waals surface area (Å²) < 4.78 is 5.40. The number of ether oxygens (including phenoxy) is 1. The number of aliphatic hydroxyl groups is 1. The van der Waals surface area contributed by atoms with E-state index in [0.717, 1.165) is 53.5 Å². The van der Waals surface area contributed by atoms with Crippen molar-refractivity contribution in [2.24, 2.45) is 5.41 Å². The molecule has 2 aliphatic heterocycles. The van der Waals surface area contributed by atoms with Crippen molar-refractivity contribution in [1.29, 1.82) is 0 Å². The molecule has 0 amide bonds. The first kappa shape index (κ1) is 20.1. The molecule has 33 heavy (non-hydrogen) atoms. The molecule has 166 valence electrons. The molecule has 0 bridgehead atoms. The summed E-state index contributed by atoms with van der Waals surface area (Å²) in [4.78, 5) is 17.2. The lowest BCUT2D eigenvalue weighted by Gasteiger charge is -2.56. The highest BCUT2D eigenvalue weighted by Crippen LogP contribution is 2.41. The molecule has 4 aromatic rings. The van der Waals surface area contributed by atoms with Gasteiger partial charge >= 0.3 is 0 Å². The summed E-state index contributed by atoms with van der Waals surface area (Å²) in [5.41, 5.74) is 6.61. The minimum atomic E-state index is 0.229. The largest absolute Gasteiger partial charge is 0.508 e. The van der Waals surface area contributed by atoms with Gasteiger partial charge in [-0.3, -0.25) is 0 Å². The summed E-state index contributed by atoms with van der Waals surface area (Å²) in [7, 11) is 0. The lowest BCUT2D eigenvalue weighted by atomic mass is 9.78. The molecular formula is C25H23N5O2S. The second kappa shape index (κ2) is 7.83. The zero-order valence-electron chi connectivity index (χ0n) is 18.2. The Morgan fingerprint density at radius 1 is 1.15 bits per heavy atom. The van der Waals surface area contributed by atoms with Gasteiger partial charge in [-0.1, -0.05) is 24.3 Å². The summed E-state index contributed by atoms with van der Waals surface area (Å²) in [6.07, 6.45) is 1.67. The highest BCUT2D eigenvalue weighted by atomic mass is 32.1. The Balaban J connectivity index is 1.32. The number of hydrogen-bond acceptors (Lipinski definition) is 8. The number of nitrogens with zero attached hydrogens (tertiary/aromatic N) is 4. The number of anilines is 3. The fourth-order valence-corrected chi connectivity index (χ4v) is 5.06. The molecule has 0 aliphatic carbocycles. The normalized spacial score (nSPS) is 17.1. The highest BCUT2D eigenvalue weighted by Gasteiger charge is 2.49. The second-order valence-corrected chi connectivity index (χ2v) is 9.51. The standard InChI is InChI=1S/C25H23N5O2S/c1-2-20(31)16-5-3-6-17(9-16)22-28-23(21-24(29-22)33-15-26-21)27-18-7-4-8-19(10-18)30-11-25(12-30)13-32-14-25/h2-10,15,31H,11-14H2,1H3,(H,27,28,29). The third kappa shape index (κ3) is 3.61. The number of thiazole rings is 1. The van der Waals surface area contributed by atoms with Crippen LogP contribution in [-0.2, 0) is 4.74 Å². The fraction of sp³-hybridized carbons (Fsp3) is 0.240. The Labute approximate surface area is 195 Å². The van der Waals surface area contributed by atoms with Crippen LogP contribution in [0.2, 0.25) is 0 Å². The van der Waals surface area contributed by atoms with E-state index < -0.39 is 0 Å². The summed E-state index contributed by atoms with van der Waals surface area (Å²) in [5, 5.41) is 13.6. The van der Waals surface area contributed by atoms with Gasteiger partial charge in [0.15, 0.2) is 11.6 Å². The van der Waals surface area contributed by atoms with Crippen molar-refractivity contribution in [1.82, 2.24) is 15.0 Å². The predicted molar refractivity (Wildman–Crippen MR) is 132 cm³/mol. The molecule has 0 saturated carbocycles. The molecule has 2 aliphatic rings. The number of allylic oxidation sites excluding steroid dienone is 1. The molecule has 7 nitrogen and oxygen atoms in total. The van der Waals surface area contributed by atoms with Gasteiger partial charge in [0.2, 0.25) is 0 Å². The van der Waals surface area contributed by atoms with Crippen LogP contribution >= 0.6 is 11.3 Å². The molecule has 4 heterocycles. The van der Waals surface area contributed by atoms with Gasteiger partial charge in [-0.05, 0) is 37.3 Å². The lowest BCUT2D eigenvalue weighted by molar-refractivity contribution is -0.127. The molecule has 0 unspecified atom stereocenters. The maximum atomic E-state index is 10.1. The molecule has 2 fully saturated rings. The average molecular weight is 458 g/mol. The molecule has 0 radical (unpaired) electrons. The van der Waals surface area contributed by atoms with E-state index in [0.29, 0.717) is 17.1 Å². The average Bonchev–Trinajstić information content (AvgIpc) is 3.26. The molecule has 2 aromatic heterocycles. The number of hydrogen-bond donors (Lipinski definition) is 2. The first-order chi connectivity index (χ1) is 16.1. The quantitative estimate of drug-likeness (QED) is 0.396. The Bertz CT molecular complexity index is 1370. The van der Waals surface area contributed by atoms with Gasteiger partial charge in [-0.25, -0.2) is 15.0 Å². The van der Waals surface area contributed by atoms with Gasteiger partial charge in [0.1, 0.15) is 16.1 Å². The second-order valence-electron chi connectivity index (χ2n) is 8.68. The van der Waals surface area contributed by atoms with Crippen molar-refractivity contribution in [3.63, 3.8) is 0 Å². The van der Waals surface area contributed by atoms with Crippen LogP contribution in [0.5, 0.6) is 0 Å². The molecule has 2 aromatic carbocycles. The maximum Gasteiger partial charge on any atom is 0.163 e. The number of nitrogens with one attached hydrogen (secondary N) is 1. The maximum absolute atomic E-state index is 10.1. The Hall–Kier alpha value is -3.49. The van der Waals surface area contributed by atoms with Gasteiger partial charge < -0.3 is 20.1 Å². The molecule has 6 rings (SSSR count). The lowest BCUT2D eigenvalue weighted by Crippen LogP contribution is -2.66. The van der Waals surface area contributed by atoms with Crippen molar-refractivity contribution >= 4 is 44.6 Å². The number of aliphatic hydroxyl groups excluding tert-OH is 1. The van der Waals surface area contributed by atoms with Gasteiger partial charge in [-0.2, -0.15) is 0 Å². The van der Waals surface area contributed by atoms with Crippen LogP contribution in [-0.4, -0.2) is 46.4 Å². The van der Waals surface area contributed by atoms with E-state index in [1.807, 2.05) is 30.3 Å². The van der Waals surface area contributed by atoms with E-state index in [9.17, 15) is 5.11 Å². The summed E-state index contributed by atoms with van der Waals surface area (Å²) in [5.74, 6) is 1.49. The number of benzene rings is 2. The fourth-order valence-electron chi connectivity index (χ4n) is 4.40. The van der Waals surface area contributed by atoms with Crippen molar-refractivity contribution in [3.05, 3.63) is 65.7 Å². The Kier molecular flexibility index (Phi) is 4.78. The number of rotatable bonds is 5. The van der Waals surface area contributed by atoms with E-state index in [1.165, 1.54) is 17.0 Å². The molecule has 0 atom stereocenters. The molecule has 8 heteroatoms. The monoisotopic (exact) mass is 457 g/mol. The third-order valence-electron chi connectivity index (χ3n) is 6.23. The Morgan fingerprint density at radius 2 is 2.00 bits per heavy atom. The summed E-state index contributed by atoms with van der Waals surface area (Å²) in [6, 6.07) is 16.0. The zero-order valence-corrected chi connectivity index (χ0v) is 19.0. The van der Waals surface area contributed by atoms with Crippen LogP contribution in [0.1, 0.15) is 12.5 Å². The predicted octanol–water partition coefficient (Wildman–Crippen LogP) is 5.25. The molecule has 2 N–H and O–H groups in total. The Morgan fingerprint density at radius 3 is 2.79 bits per heavy atom. The van der Waals surface area contributed by atoms with E-state index >= 15 is 0 Å². The van der Waals surface area contributed by atoms with Crippen LogP contribution in [0.25, 0.3) is 27.5 Å². The van der Waals surface area contributed by atoms with Crippen molar-refractivity contribution < 1.29 is 9.84 Å². The smallest absolute Gasteiger partial charge is 0.163 e. The van der Waals surface area contributed by atoms with Gasteiger partial charge in [-0.15, -0.1) is 11.3 Å². The SMILES string of the molecule is CC=C(O)c1cccc(-c2nc(Nc3cccc(N4CC5(COC5)C4)c3)c3ncsc3n2)c1. The van der Waals surface area contributed by atoms with E-state index in [4.69, 9.17) is 14.7 Å². The van der Waals surface area contributed by atoms with Gasteiger partial charge in [0, 0.05) is 35.6 Å².